The molecule has 0 N–H and O–H groups in total. The second-order valence-electron chi connectivity index (χ2n) is 3.86. The second-order valence-corrected chi connectivity index (χ2v) is 3.86. The van der Waals surface area contributed by atoms with Crippen LogP contribution in [0, 0.1) is 5.92 Å². The third kappa shape index (κ3) is 1.95. The molecule has 1 unspecified atom stereocenters. The van der Waals surface area contributed by atoms with Crippen molar-refractivity contribution in [1.29, 1.82) is 0 Å². The lowest BCUT2D eigenvalue weighted by atomic mass is 9.86. The minimum absolute atomic E-state index is 0.561. The van der Waals surface area contributed by atoms with Crippen LogP contribution in [0.15, 0.2) is 49.1 Å². The van der Waals surface area contributed by atoms with Crippen LogP contribution in [0.2, 0.25) is 0 Å². The molecule has 0 saturated heterocycles. The molecule has 0 heteroatoms. The monoisotopic (exact) mass is 184 g/mol. The second kappa shape index (κ2) is 4.28. The highest BCUT2D eigenvalue weighted by Crippen LogP contribution is 2.29. The van der Waals surface area contributed by atoms with Gasteiger partial charge in [0.15, 0.2) is 0 Å². The summed E-state index contributed by atoms with van der Waals surface area (Å²) < 4.78 is 0. The summed E-state index contributed by atoms with van der Waals surface area (Å²) in [5, 5.41) is 0. The SMILES string of the molecule is C=C(c1ccccc1)C1C=CCCC1. The van der Waals surface area contributed by atoms with E-state index in [0.717, 1.165) is 0 Å². The van der Waals surface area contributed by atoms with Crippen molar-refractivity contribution in [1.82, 2.24) is 0 Å². The molecule has 72 valence electrons. The maximum absolute atomic E-state index is 4.20. The van der Waals surface area contributed by atoms with Crippen molar-refractivity contribution in [2.24, 2.45) is 5.92 Å². The smallest absolute Gasteiger partial charge is 0.00181 e. The summed E-state index contributed by atoms with van der Waals surface area (Å²) in [6.07, 6.45) is 8.37. The number of hydrogen-bond acceptors (Lipinski definition) is 0. The zero-order valence-corrected chi connectivity index (χ0v) is 8.45. The number of allylic oxidation sites excluding steroid dienone is 3. The molecular formula is C14H16. The molecule has 1 aliphatic carbocycles. The molecule has 0 nitrogen and oxygen atoms in total. The van der Waals surface area contributed by atoms with E-state index in [9.17, 15) is 0 Å². The van der Waals surface area contributed by atoms with Gasteiger partial charge in [0.1, 0.15) is 0 Å². The first kappa shape index (κ1) is 9.26. The maximum Gasteiger partial charge on any atom is 0.00181 e. The van der Waals surface area contributed by atoms with Gasteiger partial charge in [-0.25, -0.2) is 0 Å². The van der Waals surface area contributed by atoms with E-state index >= 15 is 0 Å². The van der Waals surface area contributed by atoms with E-state index in [0.29, 0.717) is 5.92 Å². The molecule has 0 amide bonds. The normalized spacial score (nSPS) is 20.7. The molecule has 0 radical (unpaired) electrons. The Morgan fingerprint density at radius 2 is 2.00 bits per heavy atom. The van der Waals surface area contributed by atoms with Gasteiger partial charge in [-0.3, -0.25) is 0 Å². The average molecular weight is 184 g/mol. The molecule has 14 heavy (non-hydrogen) atoms. The molecule has 0 saturated carbocycles. The van der Waals surface area contributed by atoms with Crippen molar-refractivity contribution >= 4 is 5.57 Å². The lowest BCUT2D eigenvalue weighted by Crippen LogP contribution is -2.02. The molecule has 0 aromatic heterocycles. The topological polar surface area (TPSA) is 0 Å². The number of rotatable bonds is 2. The molecule has 0 spiro atoms. The minimum atomic E-state index is 0.561. The van der Waals surface area contributed by atoms with E-state index in [1.54, 1.807) is 0 Å². The Kier molecular flexibility index (Phi) is 2.83. The average Bonchev–Trinajstić information content (AvgIpc) is 2.30. The molecule has 1 aromatic carbocycles. The molecule has 1 atom stereocenters. The Morgan fingerprint density at radius 1 is 1.21 bits per heavy atom. The van der Waals surface area contributed by atoms with E-state index in [2.05, 4.69) is 43.0 Å². The van der Waals surface area contributed by atoms with Crippen LogP contribution in [-0.2, 0) is 0 Å². The van der Waals surface area contributed by atoms with Gasteiger partial charge in [0.25, 0.3) is 0 Å². The molecule has 0 fully saturated rings. The largest absolute Gasteiger partial charge is 0.0946 e. The summed E-state index contributed by atoms with van der Waals surface area (Å²) in [5.74, 6) is 0.561. The molecule has 1 aliphatic rings. The van der Waals surface area contributed by atoms with Crippen LogP contribution in [-0.4, -0.2) is 0 Å². The van der Waals surface area contributed by atoms with Gasteiger partial charge < -0.3 is 0 Å². The predicted molar refractivity (Wildman–Crippen MR) is 62.0 cm³/mol. The Bertz CT molecular complexity index is 332. The highest BCUT2D eigenvalue weighted by molar-refractivity contribution is 5.66. The predicted octanol–water partition coefficient (Wildman–Crippen LogP) is 4.06. The maximum atomic E-state index is 4.20. The highest BCUT2D eigenvalue weighted by atomic mass is 14.2. The Balaban J connectivity index is 2.16. The highest BCUT2D eigenvalue weighted by Gasteiger charge is 2.12. The first-order valence-corrected chi connectivity index (χ1v) is 5.29. The van der Waals surface area contributed by atoms with Crippen LogP contribution >= 0.6 is 0 Å². The van der Waals surface area contributed by atoms with Crippen molar-refractivity contribution in [3.8, 4) is 0 Å². The summed E-state index contributed by atoms with van der Waals surface area (Å²) in [4.78, 5) is 0. The zero-order valence-electron chi connectivity index (χ0n) is 8.45. The van der Waals surface area contributed by atoms with Crippen LogP contribution in [0.25, 0.3) is 5.57 Å². The fourth-order valence-electron chi connectivity index (χ4n) is 1.97. The fraction of sp³-hybridized carbons (Fsp3) is 0.286. The summed E-state index contributed by atoms with van der Waals surface area (Å²) in [6.45, 7) is 4.20. The van der Waals surface area contributed by atoms with Gasteiger partial charge in [-0.05, 0) is 30.4 Å². The fourth-order valence-corrected chi connectivity index (χ4v) is 1.97. The van der Waals surface area contributed by atoms with Gasteiger partial charge in [-0.2, -0.15) is 0 Å². The van der Waals surface area contributed by atoms with Gasteiger partial charge in [-0.1, -0.05) is 49.1 Å². The Morgan fingerprint density at radius 3 is 2.64 bits per heavy atom. The van der Waals surface area contributed by atoms with Crippen LogP contribution < -0.4 is 0 Å². The summed E-state index contributed by atoms with van der Waals surface area (Å²) in [6, 6.07) is 10.5. The van der Waals surface area contributed by atoms with Crippen LogP contribution in [0.5, 0.6) is 0 Å². The Labute approximate surface area is 86.0 Å². The van der Waals surface area contributed by atoms with Crippen molar-refractivity contribution < 1.29 is 0 Å². The van der Waals surface area contributed by atoms with E-state index in [4.69, 9.17) is 0 Å². The van der Waals surface area contributed by atoms with E-state index in [-0.39, 0.29) is 0 Å². The van der Waals surface area contributed by atoms with Crippen LogP contribution in [0.1, 0.15) is 24.8 Å². The number of benzene rings is 1. The van der Waals surface area contributed by atoms with E-state index < -0.39 is 0 Å². The number of hydrogen-bond donors (Lipinski definition) is 0. The van der Waals surface area contributed by atoms with Gasteiger partial charge in [0.2, 0.25) is 0 Å². The van der Waals surface area contributed by atoms with Gasteiger partial charge in [-0.15, -0.1) is 0 Å². The third-order valence-electron chi connectivity index (χ3n) is 2.85. The van der Waals surface area contributed by atoms with Crippen molar-refractivity contribution in [3.63, 3.8) is 0 Å². The van der Waals surface area contributed by atoms with Crippen molar-refractivity contribution in [2.75, 3.05) is 0 Å². The van der Waals surface area contributed by atoms with Crippen LogP contribution in [0.3, 0.4) is 0 Å². The lowest BCUT2D eigenvalue weighted by molar-refractivity contribution is 0.643. The first-order valence-electron chi connectivity index (χ1n) is 5.29. The molecule has 2 rings (SSSR count). The molecular weight excluding hydrogens is 168 g/mol. The quantitative estimate of drug-likeness (QED) is 0.608. The minimum Gasteiger partial charge on any atom is -0.0946 e. The standard InChI is InChI=1S/C14H16/c1-12(13-8-4-2-5-9-13)14-10-6-3-7-11-14/h2,4-6,8-10,14H,1,3,7,11H2. The molecule has 0 bridgehead atoms. The summed E-state index contributed by atoms with van der Waals surface area (Å²) in [7, 11) is 0. The van der Waals surface area contributed by atoms with Gasteiger partial charge in [0.05, 0.1) is 0 Å². The molecule has 1 aromatic rings. The zero-order chi connectivity index (χ0) is 9.80. The Hall–Kier alpha value is -1.30. The van der Waals surface area contributed by atoms with Crippen molar-refractivity contribution in [2.45, 2.75) is 19.3 Å². The first-order chi connectivity index (χ1) is 6.88. The molecule has 0 aliphatic heterocycles. The van der Waals surface area contributed by atoms with Crippen molar-refractivity contribution in [3.05, 3.63) is 54.6 Å². The van der Waals surface area contributed by atoms with Crippen LogP contribution in [0.4, 0.5) is 0 Å². The summed E-state index contributed by atoms with van der Waals surface area (Å²) >= 11 is 0. The van der Waals surface area contributed by atoms with Gasteiger partial charge >= 0.3 is 0 Å². The van der Waals surface area contributed by atoms with E-state index in [1.807, 2.05) is 6.07 Å². The summed E-state index contributed by atoms with van der Waals surface area (Å²) in [5.41, 5.74) is 2.55. The van der Waals surface area contributed by atoms with Gasteiger partial charge in [0, 0.05) is 5.92 Å². The lowest BCUT2D eigenvalue weighted by Gasteiger charge is -2.19. The molecule has 0 heterocycles. The third-order valence-corrected chi connectivity index (χ3v) is 2.85. The van der Waals surface area contributed by atoms with E-state index in [1.165, 1.54) is 30.4 Å².